The number of fused-ring (bicyclic) bond motifs is 3. The summed E-state index contributed by atoms with van der Waals surface area (Å²) in [5, 5.41) is 0. The van der Waals surface area contributed by atoms with Crippen molar-refractivity contribution in [2.24, 2.45) is 5.73 Å². The third-order valence-electron chi connectivity index (χ3n) is 3.83. The summed E-state index contributed by atoms with van der Waals surface area (Å²) in [6.45, 7) is 1.96. The van der Waals surface area contributed by atoms with Crippen LogP contribution in [0.5, 0.6) is 0 Å². The molecule has 1 atom stereocenters. The van der Waals surface area contributed by atoms with E-state index >= 15 is 0 Å². The number of imidazole rings is 1. The third-order valence-corrected chi connectivity index (χ3v) is 3.83. The Morgan fingerprint density at radius 1 is 1.27 bits per heavy atom. The fraction of sp³-hybridized carbons (Fsp3) is 0.750. The Morgan fingerprint density at radius 3 is 3.07 bits per heavy atom. The van der Waals surface area contributed by atoms with E-state index in [1.54, 1.807) is 0 Å². The number of rotatable bonds is 1. The molecule has 0 radical (unpaired) electrons. The number of nitrogens with two attached hydrogens (primary N) is 1. The second kappa shape index (κ2) is 3.63. The summed E-state index contributed by atoms with van der Waals surface area (Å²) in [6, 6.07) is 0. The van der Waals surface area contributed by atoms with Crippen molar-refractivity contribution in [1.29, 1.82) is 0 Å². The summed E-state index contributed by atoms with van der Waals surface area (Å²) < 4.78 is 2.47. The summed E-state index contributed by atoms with van der Waals surface area (Å²) in [5.41, 5.74) is 8.71. The Morgan fingerprint density at radius 2 is 2.20 bits per heavy atom. The predicted molar refractivity (Wildman–Crippen MR) is 59.9 cm³/mol. The molecule has 0 amide bonds. The highest BCUT2D eigenvalue weighted by Gasteiger charge is 2.27. The van der Waals surface area contributed by atoms with Gasteiger partial charge in [0, 0.05) is 31.1 Å². The first kappa shape index (κ1) is 9.40. The molecule has 1 aromatic heterocycles. The summed E-state index contributed by atoms with van der Waals surface area (Å²) >= 11 is 0. The maximum atomic E-state index is 5.87. The average Bonchev–Trinajstić information content (AvgIpc) is 2.67. The van der Waals surface area contributed by atoms with Gasteiger partial charge in [-0.15, -0.1) is 0 Å². The van der Waals surface area contributed by atoms with E-state index < -0.39 is 0 Å². The van der Waals surface area contributed by atoms with Gasteiger partial charge in [0.25, 0.3) is 0 Å². The van der Waals surface area contributed by atoms with Crippen LogP contribution in [-0.2, 0) is 19.4 Å². The minimum atomic E-state index is 0.577. The zero-order chi connectivity index (χ0) is 10.3. The molecule has 1 unspecified atom stereocenters. The van der Waals surface area contributed by atoms with Crippen LogP contribution in [0.15, 0.2) is 0 Å². The molecule has 1 aliphatic heterocycles. The topological polar surface area (TPSA) is 43.8 Å². The van der Waals surface area contributed by atoms with Gasteiger partial charge in [-0.05, 0) is 32.1 Å². The minimum absolute atomic E-state index is 0.577. The number of hydrogen-bond donors (Lipinski definition) is 1. The molecular weight excluding hydrogens is 186 g/mol. The zero-order valence-electron chi connectivity index (χ0n) is 9.21. The highest BCUT2D eigenvalue weighted by molar-refractivity contribution is 5.25. The Kier molecular flexibility index (Phi) is 2.28. The fourth-order valence-electron chi connectivity index (χ4n) is 3.08. The highest BCUT2D eigenvalue weighted by Crippen LogP contribution is 2.33. The van der Waals surface area contributed by atoms with Crippen LogP contribution in [0.2, 0.25) is 0 Å². The lowest BCUT2D eigenvalue weighted by Gasteiger charge is -2.24. The van der Waals surface area contributed by atoms with Gasteiger partial charge in [0.15, 0.2) is 0 Å². The van der Waals surface area contributed by atoms with Crippen molar-refractivity contribution in [2.45, 2.75) is 51.0 Å². The van der Waals surface area contributed by atoms with Crippen LogP contribution in [0.4, 0.5) is 0 Å². The molecule has 0 aromatic carbocycles. The monoisotopic (exact) mass is 205 g/mol. The van der Waals surface area contributed by atoms with E-state index in [0.717, 1.165) is 6.54 Å². The lowest BCUT2D eigenvalue weighted by Crippen LogP contribution is -2.22. The van der Waals surface area contributed by atoms with Crippen LogP contribution < -0.4 is 5.73 Å². The standard InChI is InChI=1S/C12H19N3/c13-8-9-4-3-5-10-12(9)15-7-2-1-6-11(15)14-10/h9H,1-8,13H2. The van der Waals surface area contributed by atoms with Crippen LogP contribution in [0.1, 0.15) is 48.8 Å². The molecule has 0 saturated carbocycles. The Balaban J connectivity index is 2.08. The molecule has 0 spiro atoms. The smallest absolute Gasteiger partial charge is 0.109 e. The fourth-order valence-corrected chi connectivity index (χ4v) is 3.08. The van der Waals surface area contributed by atoms with Crippen molar-refractivity contribution in [3.8, 4) is 0 Å². The molecule has 3 rings (SSSR count). The predicted octanol–water partition coefficient (Wildman–Crippen LogP) is 1.60. The van der Waals surface area contributed by atoms with Gasteiger partial charge in [-0.3, -0.25) is 0 Å². The van der Waals surface area contributed by atoms with Crippen LogP contribution in [0.3, 0.4) is 0 Å². The van der Waals surface area contributed by atoms with Gasteiger partial charge < -0.3 is 10.3 Å². The third kappa shape index (κ3) is 1.41. The van der Waals surface area contributed by atoms with Crippen molar-refractivity contribution in [3.05, 3.63) is 17.2 Å². The molecule has 2 heterocycles. The normalized spacial score (nSPS) is 24.7. The molecule has 82 valence electrons. The van der Waals surface area contributed by atoms with Crippen LogP contribution >= 0.6 is 0 Å². The molecule has 3 nitrogen and oxygen atoms in total. The summed E-state index contributed by atoms with van der Waals surface area (Å²) in [5.74, 6) is 1.90. The summed E-state index contributed by atoms with van der Waals surface area (Å²) in [7, 11) is 0. The van der Waals surface area contributed by atoms with E-state index in [1.807, 2.05) is 0 Å². The lowest BCUT2D eigenvalue weighted by atomic mass is 9.89. The Bertz CT molecular complexity index is 367. The molecule has 2 N–H and O–H groups in total. The van der Waals surface area contributed by atoms with Crippen LogP contribution in [-0.4, -0.2) is 16.1 Å². The number of nitrogens with zero attached hydrogens (tertiary/aromatic N) is 2. The SMILES string of the molecule is NCC1CCCc2nc3n(c21)CCCC3. The Hall–Kier alpha value is -0.830. The molecule has 0 bridgehead atoms. The van der Waals surface area contributed by atoms with Crippen molar-refractivity contribution >= 4 is 0 Å². The average molecular weight is 205 g/mol. The van der Waals surface area contributed by atoms with Gasteiger partial charge in [0.2, 0.25) is 0 Å². The minimum Gasteiger partial charge on any atom is -0.331 e. The molecule has 1 aromatic rings. The molecule has 0 fully saturated rings. The molecular formula is C12H19N3. The van der Waals surface area contributed by atoms with E-state index in [-0.39, 0.29) is 0 Å². The van der Waals surface area contributed by atoms with E-state index in [0.29, 0.717) is 5.92 Å². The second-order valence-electron chi connectivity index (χ2n) is 4.79. The lowest BCUT2D eigenvalue weighted by molar-refractivity contribution is 0.468. The maximum absolute atomic E-state index is 5.87. The summed E-state index contributed by atoms with van der Waals surface area (Å²) in [6.07, 6.45) is 7.49. The van der Waals surface area contributed by atoms with E-state index in [9.17, 15) is 0 Å². The maximum Gasteiger partial charge on any atom is 0.109 e. The van der Waals surface area contributed by atoms with Crippen molar-refractivity contribution < 1.29 is 0 Å². The highest BCUT2D eigenvalue weighted by atomic mass is 15.1. The van der Waals surface area contributed by atoms with Gasteiger partial charge in [-0.2, -0.15) is 0 Å². The largest absolute Gasteiger partial charge is 0.331 e. The van der Waals surface area contributed by atoms with Gasteiger partial charge in [0.05, 0.1) is 5.69 Å². The molecule has 15 heavy (non-hydrogen) atoms. The molecule has 3 heteroatoms. The van der Waals surface area contributed by atoms with E-state index in [1.165, 1.54) is 62.3 Å². The number of hydrogen-bond acceptors (Lipinski definition) is 2. The first-order valence-electron chi connectivity index (χ1n) is 6.18. The van der Waals surface area contributed by atoms with Gasteiger partial charge in [0.1, 0.15) is 5.82 Å². The van der Waals surface area contributed by atoms with Crippen molar-refractivity contribution in [3.63, 3.8) is 0 Å². The van der Waals surface area contributed by atoms with Gasteiger partial charge in [-0.25, -0.2) is 4.98 Å². The van der Waals surface area contributed by atoms with E-state index in [4.69, 9.17) is 10.7 Å². The van der Waals surface area contributed by atoms with Crippen LogP contribution in [0.25, 0.3) is 0 Å². The van der Waals surface area contributed by atoms with Crippen molar-refractivity contribution in [1.82, 2.24) is 9.55 Å². The summed E-state index contributed by atoms with van der Waals surface area (Å²) in [4.78, 5) is 4.80. The van der Waals surface area contributed by atoms with Crippen molar-refractivity contribution in [2.75, 3.05) is 6.54 Å². The first-order valence-corrected chi connectivity index (χ1v) is 6.18. The second-order valence-corrected chi connectivity index (χ2v) is 4.79. The quantitative estimate of drug-likeness (QED) is 0.756. The van der Waals surface area contributed by atoms with Gasteiger partial charge in [-0.1, -0.05) is 0 Å². The zero-order valence-corrected chi connectivity index (χ0v) is 9.21. The van der Waals surface area contributed by atoms with Gasteiger partial charge >= 0.3 is 0 Å². The number of aryl methyl sites for hydroxylation is 2. The molecule has 2 aliphatic rings. The van der Waals surface area contributed by atoms with Crippen LogP contribution in [0, 0.1) is 0 Å². The van der Waals surface area contributed by atoms with E-state index in [2.05, 4.69) is 4.57 Å². The number of aromatic nitrogens is 2. The Labute approximate surface area is 90.7 Å². The molecule has 1 aliphatic carbocycles. The molecule has 0 saturated heterocycles. The first-order chi connectivity index (χ1) is 7.40.